The van der Waals surface area contributed by atoms with Crippen LogP contribution in [0.4, 0.5) is 0 Å². The van der Waals surface area contributed by atoms with Gasteiger partial charge >= 0.3 is 0 Å². The first-order valence-electron chi connectivity index (χ1n) is 8.21. The highest BCUT2D eigenvalue weighted by atomic mass is 16.2. The fourth-order valence-corrected chi connectivity index (χ4v) is 3.17. The molecule has 1 unspecified atom stereocenters. The van der Waals surface area contributed by atoms with Crippen LogP contribution in [0.15, 0.2) is 18.2 Å². The highest BCUT2D eigenvalue weighted by Gasteiger charge is 2.21. The van der Waals surface area contributed by atoms with Gasteiger partial charge in [-0.2, -0.15) is 0 Å². The number of nitrogens with zero attached hydrogens (tertiary/aromatic N) is 1. The lowest BCUT2D eigenvalue weighted by atomic mass is 10.0. The van der Waals surface area contributed by atoms with Gasteiger partial charge in [-0.25, -0.2) is 0 Å². The SMILES string of the molecule is CCCN(CC1CCCCN1)C(=O)c1cc(C)cc(C)c1. The number of rotatable bonds is 5. The predicted octanol–water partition coefficient (Wildman–Crippen LogP) is 3.30. The van der Waals surface area contributed by atoms with Gasteiger partial charge in [-0.15, -0.1) is 0 Å². The van der Waals surface area contributed by atoms with Crippen LogP contribution in [0.5, 0.6) is 0 Å². The Morgan fingerprint density at radius 3 is 2.52 bits per heavy atom. The molecule has 1 heterocycles. The predicted molar refractivity (Wildman–Crippen MR) is 87.8 cm³/mol. The number of hydrogen-bond donors (Lipinski definition) is 1. The minimum atomic E-state index is 0.177. The number of aryl methyl sites for hydroxylation is 2. The maximum atomic E-state index is 12.8. The molecule has 0 spiro atoms. The number of carbonyl (C=O) groups is 1. The minimum Gasteiger partial charge on any atom is -0.337 e. The van der Waals surface area contributed by atoms with Crippen molar-refractivity contribution in [2.24, 2.45) is 0 Å². The van der Waals surface area contributed by atoms with E-state index in [0.29, 0.717) is 6.04 Å². The molecule has 0 aromatic heterocycles. The molecule has 2 rings (SSSR count). The maximum Gasteiger partial charge on any atom is 0.253 e. The normalized spacial score (nSPS) is 18.5. The average Bonchev–Trinajstić information content (AvgIpc) is 2.46. The summed E-state index contributed by atoms with van der Waals surface area (Å²) in [5, 5.41) is 3.54. The monoisotopic (exact) mass is 288 g/mol. The number of benzene rings is 1. The summed E-state index contributed by atoms with van der Waals surface area (Å²) >= 11 is 0. The van der Waals surface area contributed by atoms with Gasteiger partial charge in [0.15, 0.2) is 0 Å². The molecule has 0 radical (unpaired) electrons. The first kappa shape index (κ1) is 16.0. The summed E-state index contributed by atoms with van der Waals surface area (Å²) in [6.07, 6.45) is 4.72. The molecule has 0 saturated carbocycles. The molecule has 1 aliphatic heterocycles. The van der Waals surface area contributed by atoms with Crippen LogP contribution in [-0.4, -0.2) is 36.5 Å². The fraction of sp³-hybridized carbons (Fsp3) is 0.611. The van der Waals surface area contributed by atoms with Crippen LogP contribution in [0.25, 0.3) is 0 Å². The molecule has 0 bridgehead atoms. The van der Waals surface area contributed by atoms with Gasteiger partial charge in [-0.1, -0.05) is 30.5 Å². The lowest BCUT2D eigenvalue weighted by Crippen LogP contribution is -2.46. The molecule has 1 aromatic rings. The molecule has 21 heavy (non-hydrogen) atoms. The molecular weight excluding hydrogens is 260 g/mol. The van der Waals surface area contributed by atoms with Gasteiger partial charge in [0.25, 0.3) is 5.91 Å². The molecule has 1 N–H and O–H groups in total. The molecule has 1 saturated heterocycles. The largest absolute Gasteiger partial charge is 0.337 e. The Labute approximate surface area is 128 Å². The second-order valence-electron chi connectivity index (χ2n) is 6.27. The van der Waals surface area contributed by atoms with E-state index in [1.54, 1.807) is 0 Å². The van der Waals surface area contributed by atoms with E-state index < -0.39 is 0 Å². The summed E-state index contributed by atoms with van der Waals surface area (Å²) in [6.45, 7) is 9.00. The molecule has 3 heteroatoms. The number of carbonyl (C=O) groups excluding carboxylic acids is 1. The van der Waals surface area contributed by atoms with Gasteiger partial charge in [0.2, 0.25) is 0 Å². The first-order valence-corrected chi connectivity index (χ1v) is 8.21. The van der Waals surface area contributed by atoms with E-state index in [0.717, 1.165) is 42.7 Å². The van der Waals surface area contributed by atoms with Crippen molar-refractivity contribution in [1.29, 1.82) is 0 Å². The first-order chi connectivity index (χ1) is 10.1. The minimum absolute atomic E-state index is 0.177. The molecule has 116 valence electrons. The number of hydrogen-bond acceptors (Lipinski definition) is 2. The summed E-state index contributed by atoms with van der Waals surface area (Å²) < 4.78 is 0. The van der Waals surface area contributed by atoms with Crippen molar-refractivity contribution in [2.45, 2.75) is 52.5 Å². The Kier molecular flexibility index (Phi) is 5.80. The zero-order valence-corrected chi connectivity index (χ0v) is 13.6. The Morgan fingerprint density at radius 1 is 1.24 bits per heavy atom. The van der Waals surface area contributed by atoms with Crippen LogP contribution < -0.4 is 5.32 Å². The zero-order chi connectivity index (χ0) is 15.2. The summed E-state index contributed by atoms with van der Waals surface area (Å²) in [5.41, 5.74) is 3.15. The molecule has 1 amide bonds. The van der Waals surface area contributed by atoms with E-state index in [1.807, 2.05) is 17.0 Å². The van der Waals surface area contributed by atoms with E-state index in [4.69, 9.17) is 0 Å². The molecular formula is C18H28N2O. The van der Waals surface area contributed by atoms with Crippen molar-refractivity contribution in [3.05, 3.63) is 34.9 Å². The smallest absolute Gasteiger partial charge is 0.253 e. The molecule has 1 aromatic carbocycles. The summed E-state index contributed by atoms with van der Waals surface area (Å²) in [5.74, 6) is 0.177. The summed E-state index contributed by atoms with van der Waals surface area (Å²) in [4.78, 5) is 14.8. The van der Waals surface area contributed by atoms with Crippen LogP contribution in [0.3, 0.4) is 0 Å². The van der Waals surface area contributed by atoms with Gasteiger partial charge in [-0.05, 0) is 51.8 Å². The van der Waals surface area contributed by atoms with E-state index in [9.17, 15) is 4.79 Å². The Hall–Kier alpha value is -1.35. The van der Waals surface area contributed by atoms with Crippen LogP contribution in [0.2, 0.25) is 0 Å². The second kappa shape index (κ2) is 7.60. The van der Waals surface area contributed by atoms with Gasteiger partial charge in [0.1, 0.15) is 0 Å². The lowest BCUT2D eigenvalue weighted by Gasteiger charge is -2.30. The quantitative estimate of drug-likeness (QED) is 0.901. The van der Waals surface area contributed by atoms with Gasteiger partial charge in [0.05, 0.1) is 0 Å². The second-order valence-corrected chi connectivity index (χ2v) is 6.27. The number of amides is 1. The fourth-order valence-electron chi connectivity index (χ4n) is 3.17. The van der Waals surface area contributed by atoms with Gasteiger partial charge in [0, 0.05) is 24.7 Å². The zero-order valence-electron chi connectivity index (χ0n) is 13.6. The average molecular weight is 288 g/mol. The van der Waals surface area contributed by atoms with Crippen molar-refractivity contribution in [2.75, 3.05) is 19.6 Å². The van der Waals surface area contributed by atoms with Gasteiger partial charge in [-0.3, -0.25) is 4.79 Å². The van der Waals surface area contributed by atoms with E-state index in [2.05, 4.69) is 32.2 Å². The van der Waals surface area contributed by atoms with Crippen molar-refractivity contribution in [3.63, 3.8) is 0 Å². The standard InChI is InChI=1S/C18H28N2O/c1-4-9-20(13-17-7-5-6-8-19-17)18(21)16-11-14(2)10-15(3)12-16/h10-12,17,19H,4-9,13H2,1-3H3. The van der Waals surface area contributed by atoms with Crippen molar-refractivity contribution in [1.82, 2.24) is 10.2 Å². The Bertz CT molecular complexity index is 458. The van der Waals surface area contributed by atoms with Crippen LogP contribution in [0.1, 0.15) is 54.1 Å². The highest BCUT2D eigenvalue weighted by Crippen LogP contribution is 2.14. The van der Waals surface area contributed by atoms with Crippen LogP contribution >= 0.6 is 0 Å². The van der Waals surface area contributed by atoms with E-state index in [-0.39, 0.29) is 5.91 Å². The van der Waals surface area contributed by atoms with E-state index in [1.165, 1.54) is 19.3 Å². The Morgan fingerprint density at radius 2 is 1.95 bits per heavy atom. The Balaban J connectivity index is 2.10. The highest BCUT2D eigenvalue weighted by molar-refractivity contribution is 5.94. The maximum absolute atomic E-state index is 12.8. The molecule has 3 nitrogen and oxygen atoms in total. The molecule has 1 atom stereocenters. The third-order valence-electron chi connectivity index (χ3n) is 4.10. The topological polar surface area (TPSA) is 32.3 Å². The van der Waals surface area contributed by atoms with Gasteiger partial charge < -0.3 is 10.2 Å². The summed E-state index contributed by atoms with van der Waals surface area (Å²) in [7, 11) is 0. The van der Waals surface area contributed by atoms with Crippen LogP contribution in [0, 0.1) is 13.8 Å². The number of nitrogens with one attached hydrogen (secondary N) is 1. The molecule has 1 fully saturated rings. The molecule has 1 aliphatic rings. The van der Waals surface area contributed by atoms with Crippen molar-refractivity contribution in [3.8, 4) is 0 Å². The third kappa shape index (κ3) is 4.57. The van der Waals surface area contributed by atoms with Crippen molar-refractivity contribution < 1.29 is 4.79 Å². The summed E-state index contributed by atoms with van der Waals surface area (Å²) in [6, 6.07) is 6.59. The number of piperidine rings is 1. The van der Waals surface area contributed by atoms with Crippen molar-refractivity contribution >= 4 is 5.91 Å². The van der Waals surface area contributed by atoms with Crippen LogP contribution in [-0.2, 0) is 0 Å². The van der Waals surface area contributed by atoms with E-state index >= 15 is 0 Å². The molecule has 0 aliphatic carbocycles. The lowest BCUT2D eigenvalue weighted by molar-refractivity contribution is 0.0731. The third-order valence-corrected chi connectivity index (χ3v) is 4.10.